The molecule has 0 amide bonds. The molecule has 0 aromatic heterocycles. The Morgan fingerprint density at radius 1 is 1.42 bits per heavy atom. The predicted molar refractivity (Wildman–Crippen MR) is 85.4 cm³/mol. The minimum Gasteiger partial charge on any atom is -0.466 e. The third-order valence-electron chi connectivity index (χ3n) is 3.62. The van der Waals surface area contributed by atoms with Crippen LogP contribution < -0.4 is 0 Å². The normalized spacial score (nSPS) is 17.9. The van der Waals surface area contributed by atoms with Gasteiger partial charge in [0.25, 0.3) is 0 Å². The van der Waals surface area contributed by atoms with Crippen molar-refractivity contribution in [2.75, 3.05) is 19.8 Å². The average molecular weight is 340 g/mol. The summed E-state index contributed by atoms with van der Waals surface area (Å²) in [5, 5.41) is 0. The Kier molecular flexibility index (Phi) is 6.87. The van der Waals surface area contributed by atoms with Crippen LogP contribution in [0.25, 0.3) is 6.08 Å². The van der Waals surface area contributed by atoms with E-state index in [1.807, 2.05) is 0 Å². The molecular weight excluding hydrogens is 318 g/mol. The van der Waals surface area contributed by atoms with Crippen molar-refractivity contribution in [1.29, 1.82) is 0 Å². The lowest BCUT2D eigenvalue weighted by Gasteiger charge is -2.16. The monoisotopic (exact) mass is 340 g/mol. The largest absolute Gasteiger partial charge is 0.466 e. The third-order valence-corrected chi connectivity index (χ3v) is 3.62. The Hall–Kier alpha value is -1.79. The molecular formula is C18H22F2O4. The maximum Gasteiger partial charge on any atom is 0.306 e. The van der Waals surface area contributed by atoms with E-state index in [0.29, 0.717) is 37.4 Å². The highest BCUT2D eigenvalue weighted by Crippen LogP contribution is 2.26. The summed E-state index contributed by atoms with van der Waals surface area (Å²) in [5.41, 5.74) is 1.09. The van der Waals surface area contributed by atoms with Gasteiger partial charge in [-0.25, -0.2) is 8.78 Å². The number of halogens is 2. The maximum atomic E-state index is 13.6. The minimum absolute atomic E-state index is 0.0984. The van der Waals surface area contributed by atoms with Gasteiger partial charge in [-0.15, -0.1) is 0 Å². The highest BCUT2D eigenvalue weighted by Gasteiger charge is 2.24. The molecule has 6 heteroatoms. The first-order valence-corrected chi connectivity index (χ1v) is 8.05. The topological polar surface area (TPSA) is 48.1 Å². The predicted octanol–water partition coefficient (Wildman–Crippen LogP) is 3.80. The highest BCUT2D eigenvalue weighted by atomic mass is 19.2. The lowest BCUT2D eigenvalue weighted by atomic mass is 10.0. The fraction of sp³-hybridized carbons (Fsp3) is 0.500. The van der Waals surface area contributed by atoms with Crippen molar-refractivity contribution in [3.8, 4) is 0 Å². The van der Waals surface area contributed by atoms with E-state index in [0.717, 1.165) is 12.1 Å². The molecule has 0 saturated carbocycles. The third kappa shape index (κ3) is 5.69. The summed E-state index contributed by atoms with van der Waals surface area (Å²) in [5.74, 6) is -2.11. The SMILES string of the molecule is CCOC(=O)CC/C=C/c1cc(F)c(F)cc1[C@@H](C)OCC1CO1. The highest BCUT2D eigenvalue weighted by molar-refractivity contribution is 5.69. The molecule has 2 rings (SSSR count). The van der Waals surface area contributed by atoms with E-state index in [-0.39, 0.29) is 18.5 Å². The van der Waals surface area contributed by atoms with Gasteiger partial charge in [-0.1, -0.05) is 12.2 Å². The van der Waals surface area contributed by atoms with Crippen molar-refractivity contribution in [3.63, 3.8) is 0 Å². The lowest BCUT2D eigenvalue weighted by molar-refractivity contribution is -0.142. The van der Waals surface area contributed by atoms with Crippen LogP contribution in [0, 0.1) is 11.6 Å². The molecule has 24 heavy (non-hydrogen) atoms. The summed E-state index contributed by atoms with van der Waals surface area (Å²) in [6, 6.07) is 2.29. The van der Waals surface area contributed by atoms with Gasteiger partial charge in [0.2, 0.25) is 0 Å². The molecule has 0 aliphatic carbocycles. The van der Waals surface area contributed by atoms with Gasteiger partial charge >= 0.3 is 5.97 Å². The number of hydrogen-bond donors (Lipinski definition) is 0. The molecule has 1 aromatic rings. The molecule has 0 spiro atoms. The molecule has 1 aromatic carbocycles. The van der Waals surface area contributed by atoms with Crippen LogP contribution in [0.1, 0.15) is 43.9 Å². The van der Waals surface area contributed by atoms with E-state index in [4.69, 9.17) is 14.2 Å². The summed E-state index contributed by atoms with van der Waals surface area (Å²) < 4.78 is 42.7. The van der Waals surface area contributed by atoms with E-state index < -0.39 is 17.7 Å². The number of esters is 1. The van der Waals surface area contributed by atoms with Gasteiger partial charge in [0, 0.05) is 6.42 Å². The second-order valence-corrected chi connectivity index (χ2v) is 5.57. The first-order valence-electron chi connectivity index (χ1n) is 8.05. The fourth-order valence-electron chi connectivity index (χ4n) is 2.22. The Labute approximate surface area is 140 Å². The summed E-state index contributed by atoms with van der Waals surface area (Å²) in [6.45, 7) is 4.97. The van der Waals surface area contributed by atoms with Crippen molar-refractivity contribution < 1.29 is 27.8 Å². The quantitative estimate of drug-likeness (QED) is 0.507. The van der Waals surface area contributed by atoms with Crippen molar-refractivity contribution in [3.05, 3.63) is 41.0 Å². The van der Waals surface area contributed by atoms with Gasteiger partial charge in [0.05, 0.1) is 25.9 Å². The smallest absolute Gasteiger partial charge is 0.306 e. The Bertz CT molecular complexity index is 597. The van der Waals surface area contributed by atoms with E-state index >= 15 is 0 Å². The molecule has 1 fully saturated rings. The fourth-order valence-corrected chi connectivity index (χ4v) is 2.22. The summed E-state index contributed by atoms with van der Waals surface area (Å²) in [4.78, 5) is 11.3. The molecule has 4 nitrogen and oxygen atoms in total. The van der Waals surface area contributed by atoms with Gasteiger partial charge in [-0.2, -0.15) is 0 Å². The van der Waals surface area contributed by atoms with Crippen LogP contribution >= 0.6 is 0 Å². The summed E-state index contributed by atoms with van der Waals surface area (Å²) in [6.07, 6.45) is 3.82. The number of benzene rings is 1. The number of allylic oxidation sites excluding steroid dienone is 1. The molecule has 2 atom stereocenters. The zero-order valence-corrected chi connectivity index (χ0v) is 13.9. The summed E-state index contributed by atoms with van der Waals surface area (Å²) >= 11 is 0. The average Bonchev–Trinajstić information content (AvgIpc) is 3.36. The van der Waals surface area contributed by atoms with E-state index in [9.17, 15) is 13.6 Å². The molecule has 1 saturated heterocycles. The number of carbonyl (C=O) groups excluding carboxylic acids is 1. The van der Waals surface area contributed by atoms with E-state index in [1.54, 1.807) is 26.0 Å². The molecule has 0 N–H and O–H groups in total. The van der Waals surface area contributed by atoms with Gasteiger partial charge in [-0.05, 0) is 43.5 Å². The van der Waals surface area contributed by atoms with Crippen molar-refractivity contribution >= 4 is 12.0 Å². The van der Waals surface area contributed by atoms with Gasteiger partial charge in [0.1, 0.15) is 6.10 Å². The van der Waals surface area contributed by atoms with Crippen molar-refractivity contribution in [2.45, 2.75) is 38.9 Å². The molecule has 1 heterocycles. The molecule has 1 aliphatic heterocycles. The van der Waals surface area contributed by atoms with Crippen LogP contribution in [0.3, 0.4) is 0 Å². The van der Waals surface area contributed by atoms with Crippen LogP contribution in [-0.2, 0) is 19.0 Å². The lowest BCUT2D eigenvalue weighted by Crippen LogP contribution is -2.08. The minimum atomic E-state index is -0.915. The van der Waals surface area contributed by atoms with Crippen LogP contribution in [0.5, 0.6) is 0 Å². The standard InChI is InChI=1S/C18H22F2O4/c1-3-22-18(21)7-5-4-6-13-8-16(19)17(20)9-15(13)12(2)23-10-14-11-24-14/h4,6,8-9,12,14H,3,5,7,10-11H2,1-2H3/b6-4+/t12-,14?/m1/s1. The number of epoxide rings is 1. The van der Waals surface area contributed by atoms with Crippen LogP contribution in [0.2, 0.25) is 0 Å². The van der Waals surface area contributed by atoms with Crippen LogP contribution in [0.4, 0.5) is 8.78 Å². The second kappa shape index (κ2) is 8.89. The van der Waals surface area contributed by atoms with Crippen molar-refractivity contribution in [1.82, 2.24) is 0 Å². The number of rotatable bonds is 9. The van der Waals surface area contributed by atoms with Gasteiger partial charge in [0.15, 0.2) is 11.6 Å². The zero-order valence-electron chi connectivity index (χ0n) is 13.9. The van der Waals surface area contributed by atoms with Crippen molar-refractivity contribution in [2.24, 2.45) is 0 Å². The second-order valence-electron chi connectivity index (χ2n) is 5.57. The molecule has 0 bridgehead atoms. The van der Waals surface area contributed by atoms with Crippen LogP contribution in [0.15, 0.2) is 18.2 Å². The van der Waals surface area contributed by atoms with Gasteiger partial charge in [-0.3, -0.25) is 4.79 Å². The number of hydrogen-bond acceptors (Lipinski definition) is 4. The Morgan fingerprint density at radius 2 is 2.12 bits per heavy atom. The molecule has 132 valence electrons. The maximum absolute atomic E-state index is 13.6. The van der Waals surface area contributed by atoms with E-state index in [1.165, 1.54) is 0 Å². The molecule has 1 unspecified atom stereocenters. The Balaban J connectivity index is 2.02. The van der Waals surface area contributed by atoms with E-state index in [2.05, 4.69) is 0 Å². The first kappa shape index (κ1) is 18.5. The number of ether oxygens (including phenoxy) is 3. The van der Waals surface area contributed by atoms with Crippen LogP contribution in [-0.4, -0.2) is 31.9 Å². The number of carbonyl (C=O) groups is 1. The molecule has 1 aliphatic rings. The van der Waals surface area contributed by atoms with Gasteiger partial charge < -0.3 is 14.2 Å². The zero-order chi connectivity index (χ0) is 17.5. The molecule has 0 radical (unpaired) electrons. The Morgan fingerprint density at radius 3 is 2.79 bits per heavy atom. The summed E-state index contributed by atoms with van der Waals surface area (Å²) in [7, 11) is 0. The first-order chi connectivity index (χ1) is 11.5.